The Labute approximate surface area is 90.9 Å². The molecule has 0 saturated heterocycles. The summed E-state index contributed by atoms with van der Waals surface area (Å²) < 4.78 is 0. The molecule has 1 rings (SSSR count). The number of benzene rings is 1. The number of aldehydes is 1. The van der Waals surface area contributed by atoms with Crippen molar-refractivity contribution in [1.29, 1.82) is 0 Å². The zero-order valence-corrected chi connectivity index (χ0v) is 9.58. The number of aromatic hydroxyl groups is 1. The topological polar surface area (TPSA) is 37.3 Å². The minimum atomic E-state index is 0.0493. The second-order valence-corrected chi connectivity index (χ2v) is 4.53. The maximum Gasteiger partial charge on any atom is 0.153 e. The van der Waals surface area contributed by atoms with E-state index in [-0.39, 0.29) is 11.2 Å². The van der Waals surface area contributed by atoms with Crippen LogP contribution in [0.5, 0.6) is 5.75 Å². The molecule has 2 heteroatoms. The second kappa shape index (κ2) is 4.47. The highest BCUT2D eigenvalue weighted by Crippen LogP contribution is 2.31. The maximum atomic E-state index is 10.6. The fraction of sp³-hybridized carbons (Fsp3) is 0.462. The Hall–Kier alpha value is -1.31. The van der Waals surface area contributed by atoms with Crippen molar-refractivity contribution in [3.8, 4) is 5.75 Å². The van der Waals surface area contributed by atoms with Gasteiger partial charge in [-0.05, 0) is 29.5 Å². The van der Waals surface area contributed by atoms with Crippen LogP contribution in [0.4, 0.5) is 0 Å². The van der Waals surface area contributed by atoms with Crippen molar-refractivity contribution in [1.82, 2.24) is 0 Å². The molecule has 0 radical (unpaired) electrons. The molecule has 0 fully saturated rings. The fourth-order valence-corrected chi connectivity index (χ4v) is 1.83. The number of phenols is 1. The Morgan fingerprint density at radius 1 is 1.40 bits per heavy atom. The minimum Gasteiger partial charge on any atom is -0.507 e. The van der Waals surface area contributed by atoms with Crippen molar-refractivity contribution in [2.75, 3.05) is 0 Å². The first-order chi connectivity index (χ1) is 7.01. The molecule has 0 bridgehead atoms. The first-order valence-corrected chi connectivity index (χ1v) is 5.30. The molecule has 0 aliphatic rings. The summed E-state index contributed by atoms with van der Waals surface area (Å²) in [5, 5.41) is 9.59. The van der Waals surface area contributed by atoms with E-state index in [1.165, 1.54) is 0 Å². The molecule has 2 nitrogen and oxygen atoms in total. The van der Waals surface area contributed by atoms with E-state index in [0.29, 0.717) is 11.8 Å². The van der Waals surface area contributed by atoms with E-state index in [4.69, 9.17) is 0 Å². The standard InChI is InChI=1S/C13H18O2/c1-4-7-13(2,3)11-6-5-10(9-14)12(15)8-11/h5-6,8-9,15H,4,7H2,1-3H3. The molecule has 15 heavy (non-hydrogen) atoms. The quantitative estimate of drug-likeness (QED) is 0.767. The molecular weight excluding hydrogens is 188 g/mol. The summed E-state index contributed by atoms with van der Waals surface area (Å²) in [5.41, 5.74) is 1.48. The van der Waals surface area contributed by atoms with Crippen molar-refractivity contribution >= 4 is 6.29 Å². The van der Waals surface area contributed by atoms with Gasteiger partial charge in [0.1, 0.15) is 5.75 Å². The second-order valence-electron chi connectivity index (χ2n) is 4.53. The molecule has 0 atom stereocenters. The van der Waals surface area contributed by atoms with Crippen molar-refractivity contribution in [2.24, 2.45) is 0 Å². The molecular formula is C13H18O2. The van der Waals surface area contributed by atoms with Crippen LogP contribution >= 0.6 is 0 Å². The van der Waals surface area contributed by atoms with Gasteiger partial charge in [0.2, 0.25) is 0 Å². The number of hydrogen-bond donors (Lipinski definition) is 1. The SMILES string of the molecule is CCCC(C)(C)c1ccc(C=O)c(O)c1. The van der Waals surface area contributed by atoms with E-state index < -0.39 is 0 Å². The predicted molar refractivity (Wildman–Crippen MR) is 61.4 cm³/mol. The molecule has 0 heterocycles. The molecule has 0 saturated carbocycles. The minimum absolute atomic E-state index is 0.0493. The van der Waals surface area contributed by atoms with Gasteiger partial charge in [0.25, 0.3) is 0 Å². The van der Waals surface area contributed by atoms with E-state index >= 15 is 0 Å². The molecule has 1 aromatic rings. The molecule has 0 unspecified atom stereocenters. The molecule has 0 aliphatic carbocycles. The first kappa shape index (κ1) is 11.8. The summed E-state index contributed by atoms with van der Waals surface area (Å²) in [4.78, 5) is 10.6. The lowest BCUT2D eigenvalue weighted by Gasteiger charge is -2.25. The van der Waals surface area contributed by atoms with Crippen LogP contribution in [-0.4, -0.2) is 11.4 Å². The van der Waals surface area contributed by atoms with Crippen molar-refractivity contribution < 1.29 is 9.90 Å². The highest BCUT2D eigenvalue weighted by Gasteiger charge is 2.20. The largest absolute Gasteiger partial charge is 0.507 e. The molecule has 1 aromatic carbocycles. The highest BCUT2D eigenvalue weighted by atomic mass is 16.3. The van der Waals surface area contributed by atoms with E-state index in [1.54, 1.807) is 12.1 Å². The Balaban J connectivity index is 3.06. The number of rotatable bonds is 4. The summed E-state index contributed by atoms with van der Waals surface area (Å²) in [7, 11) is 0. The molecule has 0 aromatic heterocycles. The van der Waals surface area contributed by atoms with Gasteiger partial charge in [-0.15, -0.1) is 0 Å². The predicted octanol–water partition coefficient (Wildman–Crippen LogP) is 3.28. The summed E-state index contributed by atoms with van der Waals surface area (Å²) in [6, 6.07) is 5.29. The van der Waals surface area contributed by atoms with Gasteiger partial charge in [-0.25, -0.2) is 0 Å². The van der Waals surface area contributed by atoms with Gasteiger partial charge < -0.3 is 5.11 Å². The fourth-order valence-electron chi connectivity index (χ4n) is 1.83. The molecule has 82 valence electrons. The van der Waals surface area contributed by atoms with Gasteiger partial charge in [0, 0.05) is 0 Å². The Morgan fingerprint density at radius 2 is 2.07 bits per heavy atom. The Morgan fingerprint density at radius 3 is 2.53 bits per heavy atom. The third kappa shape index (κ3) is 2.58. The van der Waals surface area contributed by atoms with Crippen LogP contribution in [0.1, 0.15) is 49.5 Å². The summed E-state index contributed by atoms with van der Waals surface area (Å²) in [6.45, 7) is 6.43. The number of phenolic OH excluding ortho intramolecular Hbond substituents is 1. The van der Waals surface area contributed by atoms with Crippen LogP contribution in [0.2, 0.25) is 0 Å². The van der Waals surface area contributed by atoms with Crippen molar-refractivity contribution in [3.05, 3.63) is 29.3 Å². The molecule has 0 amide bonds. The monoisotopic (exact) mass is 206 g/mol. The average Bonchev–Trinajstić information content (AvgIpc) is 2.17. The molecule has 1 N–H and O–H groups in total. The maximum absolute atomic E-state index is 10.6. The average molecular weight is 206 g/mol. The van der Waals surface area contributed by atoms with Crippen LogP contribution in [0.25, 0.3) is 0 Å². The van der Waals surface area contributed by atoms with E-state index in [0.717, 1.165) is 18.4 Å². The molecule has 0 spiro atoms. The first-order valence-electron chi connectivity index (χ1n) is 5.30. The number of carbonyl (C=O) groups excluding carboxylic acids is 1. The van der Waals surface area contributed by atoms with Crippen molar-refractivity contribution in [3.63, 3.8) is 0 Å². The lowest BCUT2D eigenvalue weighted by molar-refractivity contribution is 0.112. The lowest BCUT2D eigenvalue weighted by Crippen LogP contribution is -2.16. The van der Waals surface area contributed by atoms with Gasteiger partial charge >= 0.3 is 0 Å². The summed E-state index contributed by atoms with van der Waals surface area (Å²) in [5.74, 6) is 0.0756. The van der Waals surface area contributed by atoms with Gasteiger partial charge in [0.15, 0.2) is 6.29 Å². The smallest absolute Gasteiger partial charge is 0.153 e. The van der Waals surface area contributed by atoms with Crippen LogP contribution in [0, 0.1) is 0 Å². The van der Waals surface area contributed by atoms with Crippen LogP contribution < -0.4 is 0 Å². The highest BCUT2D eigenvalue weighted by molar-refractivity contribution is 5.79. The van der Waals surface area contributed by atoms with Crippen LogP contribution in [0.3, 0.4) is 0 Å². The van der Waals surface area contributed by atoms with Gasteiger partial charge in [0.05, 0.1) is 5.56 Å². The van der Waals surface area contributed by atoms with Crippen molar-refractivity contribution in [2.45, 2.75) is 39.0 Å². The normalized spacial score (nSPS) is 11.4. The zero-order valence-electron chi connectivity index (χ0n) is 9.58. The van der Waals surface area contributed by atoms with Crippen LogP contribution in [0.15, 0.2) is 18.2 Å². The number of hydrogen-bond acceptors (Lipinski definition) is 2. The molecule has 0 aliphatic heterocycles. The Bertz CT molecular complexity index is 354. The number of carbonyl (C=O) groups is 1. The van der Waals surface area contributed by atoms with Gasteiger partial charge in [-0.3, -0.25) is 4.79 Å². The van der Waals surface area contributed by atoms with E-state index in [1.807, 2.05) is 6.07 Å². The Kier molecular flexibility index (Phi) is 3.51. The van der Waals surface area contributed by atoms with Gasteiger partial charge in [-0.2, -0.15) is 0 Å². The third-order valence-electron chi connectivity index (χ3n) is 2.81. The van der Waals surface area contributed by atoms with E-state index in [9.17, 15) is 9.90 Å². The third-order valence-corrected chi connectivity index (χ3v) is 2.81. The van der Waals surface area contributed by atoms with Gasteiger partial charge in [-0.1, -0.05) is 33.3 Å². The van der Waals surface area contributed by atoms with Crippen LogP contribution in [-0.2, 0) is 5.41 Å². The zero-order chi connectivity index (χ0) is 11.5. The summed E-state index contributed by atoms with van der Waals surface area (Å²) >= 11 is 0. The summed E-state index contributed by atoms with van der Waals surface area (Å²) in [6.07, 6.45) is 2.84. The lowest BCUT2D eigenvalue weighted by atomic mass is 9.80. The van der Waals surface area contributed by atoms with E-state index in [2.05, 4.69) is 20.8 Å².